The number of carbonyl (C=O) groups excluding carboxylic acids is 1. The molecule has 5 heteroatoms. The lowest BCUT2D eigenvalue weighted by Crippen LogP contribution is -2.24. The molecule has 2 aromatic rings. The fourth-order valence-electron chi connectivity index (χ4n) is 1.59. The molecular weight excluding hydrogens is 250 g/mol. The van der Waals surface area contributed by atoms with Gasteiger partial charge >= 0.3 is 0 Å². The van der Waals surface area contributed by atoms with Crippen molar-refractivity contribution in [1.82, 2.24) is 5.32 Å². The maximum absolute atomic E-state index is 11.7. The van der Waals surface area contributed by atoms with Gasteiger partial charge in [-0.05, 0) is 36.4 Å². The Kier molecular flexibility index (Phi) is 4.17. The molecule has 0 aliphatic carbocycles. The van der Waals surface area contributed by atoms with Crippen LogP contribution in [0.5, 0.6) is 0 Å². The molecule has 0 spiro atoms. The van der Waals surface area contributed by atoms with Gasteiger partial charge in [-0.3, -0.25) is 4.79 Å². The Bertz CT molecular complexity index is 504. The van der Waals surface area contributed by atoms with E-state index in [9.17, 15) is 9.90 Å². The molecular formula is C13H15NO3S. The highest BCUT2D eigenvalue weighted by Crippen LogP contribution is 2.16. The summed E-state index contributed by atoms with van der Waals surface area (Å²) >= 11 is 1.42. The minimum absolute atomic E-state index is 0.0903. The molecule has 0 unspecified atom stereocenters. The average Bonchev–Trinajstić information content (AvgIpc) is 2.99. The molecule has 2 heterocycles. The summed E-state index contributed by atoms with van der Waals surface area (Å²) in [4.78, 5) is 12.4. The SMILES string of the molecule is Cc1csc(C(=O)NCC[C@H](O)c2ccoc2)c1. The summed E-state index contributed by atoms with van der Waals surface area (Å²) in [5, 5.41) is 14.5. The molecule has 2 rings (SSSR count). The van der Waals surface area contributed by atoms with Crippen molar-refractivity contribution >= 4 is 17.2 Å². The lowest BCUT2D eigenvalue weighted by molar-refractivity contribution is 0.0946. The summed E-state index contributed by atoms with van der Waals surface area (Å²) < 4.78 is 4.89. The maximum Gasteiger partial charge on any atom is 0.261 e. The van der Waals surface area contributed by atoms with E-state index in [0.29, 0.717) is 17.8 Å². The number of furan rings is 1. The number of thiophene rings is 1. The molecule has 1 amide bonds. The molecule has 18 heavy (non-hydrogen) atoms. The number of aliphatic hydroxyl groups excluding tert-OH is 1. The Hall–Kier alpha value is -1.59. The quantitative estimate of drug-likeness (QED) is 0.873. The molecule has 0 aliphatic heterocycles. The van der Waals surface area contributed by atoms with Crippen LogP contribution in [0.15, 0.2) is 34.5 Å². The summed E-state index contributed by atoms with van der Waals surface area (Å²) in [6.07, 6.45) is 2.89. The third-order valence-electron chi connectivity index (χ3n) is 2.59. The first-order valence-corrected chi connectivity index (χ1v) is 6.58. The third-order valence-corrected chi connectivity index (χ3v) is 3.63. The van der Waals surface area contributed by atoms with Gasteiger partial charge in [0.15, 0.2) is 0 Å². The van der Waals surface area contributed by atoms with Crippen molar-refractivity contribution in [3.63, 3.8) is 0 Å². The van der Waals surface area contributed by atoms with Crippen LogP contribution < -0.4 is 5.32 Å². The summed E-state index contributed by atoms with van der Waals surface area (Å²) in [6, 6.07) is 3.57. The predicted molar refractivity (Wildman–Crippen MR) is 69.7 cm³/mol. The van der Waals surface area contributed by atoms with Crippen molar-refractivity contribution in [3.05, 3.63) is 46.0 Å². The van der Waals surface area contributed by atoms with Gasteiger partial charge < -0.3 is 14.8 Å². The van der Waals surface area contributed by atoms with Gasteiger partial charge in [-0.25, -0.2) is 0 Å². The topological polar surface area (TPSA) is 62.5 Å². The van der Waals surface area contributed by atoms with Gasteiger partial charge in [-0.15, -0.1) is 11.3 Å². The molecule has 2 N–H and O–H groups in total. The molecule has 96 valence electrons. The molecule has 2 aromatic heterocycles. The zero-order chi connectivity index (χ0) is 13.0. The van der Waals surface area contributed by atoms with Crippen molar-refractivity contribution in [1.29, 1.82) is 0 Å². The van der Waals surface area contributed by atoms with Crippen molar-refractivity contribution in [2.45, 2.75) is 19.4 Å². The zero-order valence-corrected chi connectivity index (χ0v) is 10.9. The number of hydrogen-bond donors (Lipinski definition) is 2. The van der Waals surface area contributed by atoms with E-state index >= 15 is 0 Å². The molecule has 0 saturated heterocycles. The van der Waals surface area contributed by atoms with Gasteiger partial charge in [0.2, 0.25) is 0 Å². The second-order valence-electron chi connectivity index (χ2n) is 4.11. The number of amides is 1. The average molecular weight is 265 g/mol. The van der Waals surface area contributed by atoms with Crippen molar-refractivity contribution in [3.8, 4) is 0 Å². The number of nitrogens with one attached hydrogen (secondary N) is 1. The first kappa shape index (κ1) is 12.9. The highest BCUT2D eigenvalue weighted by Gasteiger charge is 2.11. The molecule has 1 atom stereocenters. The second kappa shape index (κ2) is 5.84. The molecule has 0 aliphatic rings. The van der Waals surface area contributed by atoms with Crippen LogP contribution in [0.3, 0.4) is 0 Å². The Morgan fingerprint density at radius 1 is 1.61 bits per heavy atom. The van der Waals surface area contributed by atoms with Crippen LogP contribution in [0, 0.1) is 6.92 Å². The molecule has 0 saturated carbocycles. The van der Waals surface area contributed by atoms with Crippen molar-refractivity contribution < 1.29 is 14.3 Å². The largest absolute Gasteiger partial charge is 0.472 e. The van der Waals surface area contributed by atoms with E-state index in [1.54, 1.807) is 6.07 Å². The van der Waals surface area contributed by atoms with Crippen LogP contribution in [0.25, 0.3) is 0 Å². The molecule has 4 nitrogen and oxygen atoms in total. The van der Waals surface area contributed by atoms with E-state index in [1.807, 2.05) is 18.4 Å². The van der Waals surface area contributed by atoms with Gasteiger partial charge in [-0.2, -0.15) is 0 Å². The fourth-order valence-corrected chi connectivity index (χ4v) is 2.41. The monoisotopic (exact) mass is 265 g/mol. The number of aryl methyl sites for hydroxylation is 1. The molecule has 0 aromatic carbocycles. The standard InChI is InChI=1S/C13H15NO3S/c1-9-6-12(18-8-9)13(16)14-4-2-11(15)10-3-5-17-7-10/h3,5-8,11,15H,2,4H2,1H3,(H,14,16)/t11-/m0/s1. The van der Waals surface area contributed by atoms with Crippen LogP contribution in [0.4, 0.5) is 0 Å². The predicted octanol–water partition coefficient (Wildman–Crippen LogP) is 2.50. The van der Waals surface area contributed by atoms with E-state index in [-0.39, 0.29) is 5.91 Å². The van der Waals surface area contributed by atoms with Gasteiger partial charge in [0.1, 0.15) is 0 Å². The zero-order valence-electron chi connectivity index (χ0n) is 10.1. The van der Waals surface area contributed by atoms with E-state index < -0.39 is 6.10 Å². The lowest BCUT2D eigenvalue weighted by Gasteiger charge is -2.08. The Labute approximate surface area is 109 Å². The first-order valence-electron chi connectivity index (χ1n) is 5.70. The van der Waals surface area contributed by atoms with E-state index in [1.165, 1.54) is 23.9 Å². The molecule has 0 fully saturated rings. The van der Waals surface area contributed by atoms with E-state index in [2.05, 4.69) is 5.32 Å². The highest BCUT2D eigenvalue weighted by atomic mass is 32.1. The van der Waals surface area contributed by atoms with Gasteiger partial charge in [-0.1, -0.05) is 0 Å². The first-order chi connectivity index (χ1) is 8.66. The van der Waals surface area contributed by atoms with Crippen LogP contribution in [-0.4, -0.2) is 17.6 Å². The van der Waals surface area contributed by atoms with Crippen LogP contribution in [0.1, 0.15) is 33.3 Å². The molecule has 0 radical (unpaired) electrons. The summed E-state index contributed by atoms with van der Waals surface area (Å²) in [6.45, 7) is 2.39. The number of hydrogen-bond acceptors (Lipinski definition) is 4. The molecule has 0 bridgehead atoms. The van der Waals surface area contributed by atoms with Crippen LogP contribution in [-0.2, 0) is 0 Å². The van der Waals surface area contributed by atoms with Gasteiger partial charge in [0.25, 0.3) is 5.91 Å². The summed E-state index contributed by atoms with van der Waals surface area (Å²) in [5.41, 5.74) is 1.82. The van der Waals surface area contributed by atoms with Gasteiger partial charge in [0.05, 0.1) is 23.5 Å². The number of aliphatic hydroxyl groups is 1. The van der Waals surface area contributed by atoms with Gasteiger partial charge in [0, 0.05) is 12.1 Å². The van der Waals surface area contributed by atoms with Crippen LogP contribution >= 0.6 is 11.3 Å². The summed E-state index contributed by atoms with van der Waals surface area (Å²) in [5.74, 6) is -0.0903. The Morgan fingerprint density at radius 2 is 2.44 bits per heavy atom. The Morgan fingerprint density at radius 3 is 3.06 bits per heavy atom. The number of rotatable bonds is 5. The smallest absolute Gasteiger partial charge is 0.261 e. The summed E-state index contributed by atoms with van der Waals surface area (Å²) in [7, 11) is 0. The van der Waals surface area contributed by atoms with E-state index in [0.717, 1.165) is 11.1 Å². The van der Waals surface area contributed by atoms with E-state index in [4.69, 9.17) is 4.42 Å². The fraction of sp³-hybridized carbons (Fsp3) is 0.308. The number of carbonyl (C=O) groups is 1. The Balaban J connectivity index is 1.77. The maximum atomic E-state index is 11.7. The minimum atomic E-state index is -0.603. The van der Waals surface area contributed by atoms with Crippen molar-refractivity contribution in [2.75, 3.05) is 6.54 Å². The third kappa shape index (κ3) is 3.21. The van der Waals surface area contributed by atoms with Crippen LogP contribution in [0.2, 0.25) is 0 Å². The second-order valence-corrected chi connectivity index (χ2v) is 5.02. The lowest BCUT2D eigenvalue weighted by atomic mass is 10.1. The highest BCUT2D eigenvalue weighted by molar-refractivity contribution is 7.12. The normalized spacial score (nSPS) is 12.3. The minimum Gasteiger partial charge on any atom is -0.472 e. The van der Waals surface area contributed by atoms with Crippen molar-refractivity contribution in [2.24, 2.45) is 0 Å².